The number of hydrogen-bond donors (Lipinski definition) is 3. The lowest BCUT2D eigenvalue weighted by Crippen LogP contribution is -2.55. The van der Waals surface area contributed by atoms with Crippen molar-refractivity contribution in [2.75, 3.05) is 0 Å². The van der Waals surface area contributed by atoms with Crippen LogP contribution in [0.4, 0.5) is 0 Å². The smallest absolute Gasteiger partial charge is 0.209 e. The van der Waals surface area contributed by atoms with Crippen LogP contribution in [0, 0.1) is 28.6 Å². The molecule has 0 aromatic carbocycles. The van der Waals surface area contributed by atoms with Crippen molar-refractivity contribution in [1.82, 2.24) is 0 Å². The summed E-state index contributed by atoms with van der Waals surface area (Å²) in [5.74, 6) is 0.185. The summed E-state index contributed by atoms with van der Waals surface area (Å²) >= 11 is 0. The van der Waals surface area contributed by atoms with Crippen molar-refractivity contribution in [3.63, 3.8) is 0 Å². The molecule has 3 N–H and O–H groups in total. The fourth-order valence-electron chi connectivity index (χ4n) is 6.74. The van der Waals surface area contributed by atoms with Crippen molar-refractivity contribution in [3.05, 3.63) is 11.6 Å². The van der Waals surface area contributed by atoms with E-state index in [1.165, 1.54) is 44.1 Å². The molecule has 0 saturated heterocycles. The summed E-state index contributed by atoms with van der Waals surface area (Å²) in [7, 11) is 0. The molecule has 0 aromatic rings. The van der Waals surface area contributed by atoms with E-state index in [0.717, 1.165) is 18.3 Å². The molecule has 1 unspecified atom stereocenters. The Labute approximate surface area is 133 Å². The van der Waals surface area contributed by atoms with E-state index in [4.69, 9.17) is 0 Å². The Kier molecular flexibility index (Phi) is 3.16. The molecule has 0 aliphatic heterocycles. The van der Waals surface area contributed by atoms with Crippen LogP contribution in [0.1, 0.15) is 65.2 Å². The second-order valence-electron chi connectivity index (χ2n) is 9.09. The summed E-state index contributed by atoms with van der Waals surface area (Å²) in [6.07, 6.45) is 9.86. The monoisotopic (exact) mass is 306 g/mol. The highest BCUT2D eigenvalue weighted by atomic mass is 16.5. The van der Waals surface area contributed by atoms with Crippen molar-refractivity contribution in [3.8, 4) is 0 Å². The molecule has 4 rings (SSSR count). The van der Waals surface area contributed by atoms with Crippen molar-refractivity contribution >= 4 is 0 Å². The Hall–Kier alpha value is -0.380. The number of allylic oxidation sites excluding steroid dienone is 1. The lowest BCUT2D eigenvalue weighted by molar-refractivity contribution is -0.211. The van der Waals surface area contributed by atoms with Gasteiger partial charge in [0.25, 0.3) is 0 Å². The summed E-state index contributed by atoms with van der Waals surface area (Å²) in [6, 6.07) is 0. The molecule has 22 heavy (non-hydrogen) atoms. The summed E-state index contributed by atoms with van der Waals surface area (Å²) in [6.45, 7) is 4.77. The Bertz CT molecular complexity index is 511. The molecule has 0 radical (unpaired) electrons. The first-order chi connectivity index (χ1) is 10.3. The van der Waals surface area contributed by atoms with Gasteiger partial charge >= 0.3 is 0 Å². The number of aliphatic hydroxyl groups is 3. The Morgan fingerprint density at radius 1 is 1.05 bits per heavy atom. The average molecular weight is 306 g/mol. The molecule has 0 spiro atoms. The lowest BCUT2D eigenvalue weighted by atomic mass is 9.47. The SMILES string of the molecule is C[C@@]12CCC[C@H]1[C@@H]1CCC3=CC(O)(O)C(O)C[C@]3(C)[C@H]1CC2. The highest BCUT2D eigenvalue weighted by molar-refractivity contribution is 5.28. The average Bonchev–Trinajstić information content (AvgIpc) is 2.82. The number of aliphatic hydroxyl groups excluding tert-OH is 1. The van der Waals surface area contributed by atoms with Crippen LogP contribution in [0.25, 0.3) is 0 Å². The minimum absolute atomic E-state index is 0.0405. The van der Waals surface area contributed by atoms with Crippen molar-refractivity contribution in [2.24, 2.45) is 28.6 Å². The molecular weight excluding hydrogens is 276 g/mol. The van der Waals surface area contributed by atoms with Crippen LogP contribution in [-0.2, 0) is 0 Å². The fraction of sp³-hybridized carbons (Fsp3) is 0.895. The van der Waals surface area contributed by atoms with Crippen LogP contribution in [0.2, 0.25) is 0 Å². The molecule has 0 bridgehead atoms. The van der Waals surface area contributed by atoms with Gasteiger partial charge in [0.05, 0.1) is 0 Å². The first-order valence-corrected chi connectivity index (χ1v) is 9.11. The molecule has 0 heterocycles. The van der Waals surface area contributed by atoms with Gasteiger partial charge in [-0.3, -0.25) is 0 Å². The molecule has 3 saturated carbocycles. The van der Waals surface area contributed by atoms with Gasteiger partial charge in [0.15, 0.2) is 0 Å². The van der Waals surface area contributed by atoms with E-state index < -0.39 is 11.9 Å². The predicted octanol–water partition coefficient (Wildman–Crippen LogP) is 2.99. The minimum Gasteiger partial charge on any atom is -0.387 e. The van der Waals surface area contributed by atoms with Gasteiger partial charge in [-0.15, -0.1) is 0 Å². The van der Waals surface area contributed by atoms with Gasteiger partial charge < -0.3 is 15.3 Å². The Morgan fingerprint density at radius 3 is 2.59 bits per heavy atom. The van der Waals surface area contributed by atoms with Gasteiger partial charge in [0.1, 0.15) is 6.10 Å². The second kappa shape index (κ2) is 4.58. The van der Waals surface area contributed by atoms with E-state index in [0.29, 0.717) is 17.8 Å². The van der Waals surface area contributed by atoms with Crippen molar-refractivity contribution in [1.29, 1.82) is 0 Å². The van der Waals surface area contributed by atoms with E-state index in [9.17, 15) is 15.3 Å². The quantitative estimate of drug-likeness (QED) is 0.476. The molecular formula is C19H30O3. The molecule has 3 fully saturated rings. The lowest BCUT2D eigenvalue weighted by Gasteiger charge is -2.58. The maximum Gasteiger partial charge on any atom is 0.209 e. The van der Waals surface area contributed by atoms with Gasteiger partial charge in [0, 0.05) is 0 Å². The largest absolute Gasteiger partial charge is 0.387 e. The molecule has 0 aromatic heterocycles. The molecule has 0 amide bonds. The van der Waals surface area contributed by atoms with Crippen LogP contribution in [0.15, 0.2) is 11.6 Å². The van der Waals surface area contributed by atoms with Crippen LogP contribution < -0.4 is 0 Å². The normalized spacial score (nSPS) is 53.2. The van der Waals surface area contributed by atoms with Gasteiger partial charge in [-0.05, 0) is 79.6 Å². The van der Waals surface area contributed by atoms with Crippen molar-refractivity contribution in [2.45, 2.75) is 77.1 Å². The standard InChI is InChI=1S/C19H30O3/c1-17-8-3-4-14(17)13-6-5-12-10-19(21,22)16(20)11-18(12,2)15(13)7-9-17/h10,13-16,20-22H,3-9,11H2,1-2H3/t13-,14-,15-,16?,17-,18-/m0/s1. The second-order valence-corrected chi connectivity index (χ2v) is 9.09. The maximum absolute atomic E-state index is 10.2. The van der Waals surface area contributed by atoms with Crippen molar-refractivity contribution < 1.29 is 15.3 Å². The molecule has 3 nitrogen and oxygen atoms in total. The van der Waals surface area contributed by atoms with E-state index in [1.807, 2.05) is 0 Å². The van der Waals surface area contributed by atoms with E-state index >= 15 is 0 Å². The molecule has 4 aliphatic carbocycles. The molecule has 4 aliphatic rings. The number of fused-ring (bicyclic) bond motifs is 5. The zero-order chi connectivity index (χ0) is 15.8. The van der Waals surface area contributed by atoms with Crippen LogP contribution in [-0.4, -0.2) is 27.2 Å². The van der Waals surface area contributed by atoms with Gasteiger partial charge in [-0.2, -0.15) is 0 Å². The third-order valence-corrected chi connectivity index (χ3v) is 8.01. The summed E-state index contributed by atoms with van der Waals surface area (Å²) in [5, 5.41) is 30.3. The number of hydrogen-bond acceptors (Lipinski definition) is 3. The van der Waals surface area contributed by atoms with Crippen LogP contribution >= 0.6 is 0 Å². The van der Waals surface area contributed by atoms with E-state index in [-0.39, 0.29) is 5.41 Å². The first kappa shape index (κ1) is 15.2. The van der Waals surface area contributed by atoms with Crippen LogP contribution in [0.5, 0.6) is 0 Å². The highest BCUT2D eigenvalue weighted by Gasteiger charge is 2.58. The fourth-order valence-corrected chi connectivity index (χ4v) is 6.74. The summed E-state index contributed by atoms with van der Waals surface area (Å²) < 4.78 is 0. The van der Waals surface area contributed by atoms with E-state index in [1.54, 1.807) is 6.08 Å². The van der Waals surface area contributed by atoms with Crippen LogP contribution in [0.3, 0.4) is 0 Å². The first-order valence-electron chi connectivity index (χ1n) is 9.11. The van der Waals surface area contributed by atoms with E-state index in [2.05, 4.69) is 13.8 Å². The maximum atomic E-state index is 10.2. The third kappa shape index (κ3) is 1.91. The highest BCUT2D eigenvalue weighted by Crippen LogP contribution is 2.65. The zero-order valence-electron chi connectivity index (χ0n) is 13.9. The van der Waals surface area contributed by atoms with Gasteiger partial charge in [-0.1, -0.05) is 25.8 Å². The van der Waals surface area contributed by atoms with Gasteiger partial charge in [0.2, 0.25) is 5.79 Å². The summed E-state index contributed by atoms with van der Waals surface area (Å²) in [5.41, 5.74) is 1.69. The topological polar surface area (TPSA) is 60.7 Å². The minimum atomic E-state index is -2.03. The Balaban J connectivity index is 1.70. The third-order valence-electron chi connectivity index (χ3n) is 8.01. The van der Waals surface area contributed by atoms with Gasteiger partial charge in [-0.25, -0.2) is 0 Å². The zero-order valence-corrected chi connectivity index (χ0v) is 13.9. The Morgan fingerprint density at radius 2 is 1.82 bits per heavy atom. The number of rotatable bonds is 0. The molecule has 3 heteroatoms. The predicted molar refractivity (Wildman–Crippen MR) is 84.9 cm³/mol. The molecule has 124 valence electrons. The summed E-state index contributed by atoms with van der Waals surface area (Å²) in [4.78, 5) is 0. The molecule has 6 atom stereocenters.